The second-order valence-electron chi connectivity index (χ2n) is 5.77. The number of fused-ring (bicyclic) bond motifs is 1. The summed E-state index contributed by atoms with van der Waals surface area (Å²) in [5, 5.41) is 6.22. The zero-order chi connectivity index (χ0) is 18.4. The maximum absolute atomic E-state index is 13.8. The molecule has 0 saturated carbocycles. The van der Waals surface area contributed by atoms with Crippen LogP contribution in [0, 0.1) is 11.6 Å². The second kappa shape index (κ2) is 8.51. The molecule has 0 bridgehead atoms. The highest BCUT2D eigenvalue weighted by atomic mass is 19.1. The van der Waals surface area contributed by atoms with Gasteiger partial charge in [0.05, 0.1) is 19.8 Å². The number of benzene rings is 2. The fourth-order valence-corrected chi connectivity index (χ4v) is 2.51. The van der Waals surface area contributed by atoms with Gasteiger partial charge in [-0.05, 0) is 37.3 Å². The summed E-state index contributed by atoms with van der Waals surface area (Å²) >= 11 is 0. The molecule has 0 fully saturated rings. The van der Waals surface area contributed by atoms with Gasteiger partial charge in [0, 0.05) is 30.3 Å². The predicted octanol–water partition coefficient (Wildman–Crippen LogP) is 3.70. The highest BCUT2D eigenvalue weighted by molar-refractivity contribution is 5.93. The van der Waals surface area contributed by atoms with E-state index in [0.717, 1.165) is 30.3 Å². The molecule has 1 heterocycles. The van der Waals surface area contributed by atoms with Crippen molar-refractivity contribution in [1.29, 1.82) is 0 Å². The van der Waals surface area contributed by atoms with Crippen molar-refractivity contribution in [2.45, 2.75) is 19.9 Å². The number of rotatable bonds is 4. The van der Waals surface area contributed by atoms with Gasteiger partial charge >= 0.3 is 0 Å². The first kappa shape index (κ1) is 18.0. The second-order valence-corrected chi connectivity index (χ2v) is 5.77. The Morgan fingerprint density at radius 2 is 1.88 bits per heavy atom. The van der Waals surface area contributed by atoms with Gasteiger partial charge in [0.1, 0.15) is 11.6 Å². The number of guanidine groups is 1. The lowest BCUT2D eigenvalue weighted by atomic mass is 10.2. The standard InChI is InChI=1S/C19H21F2N3O2/c1-2-22-19(23-12-13-10-14(20)4-6-16(13)21)24-15-5-7-17-18(11-15)26-9-3-8-25-17/h4-7,10-11H,2-3,8-9,12H2,1H3,(H2,22,23,24). The SMILES string of the molecule is CCNC(=NCc1cc(F)ccc1F)Nc1ccc2c(c1)OCCCO2. The van der Waals surface area contributed by atoms with E-state index in [1.54, 1.807) is 0 Å². The number of hydrogen-bond acceptors (Lipinski definition) is 3. The van der Waals surface area contributed by atoms with Crippen molar-refractivity contribution in [1.82, 2.24) is 5.32 Å². The Hall–Kier alpha value is -2.83. The van der Waals surface area contributed by atoms with Gasteiger partial charge in [-0.15, -0.1) is 0 Å². The first-order chi connectivity index (χ1) is 12.7. The smallest absolute Gasteiger partial charge is 0.196 e. The number of halogens is 2. The Morgan fingerprint density at radius 1 is 1.08 bits per heavy atom. The monoisotopic (exact) mass is 361 g/mol. The third-order valence-corrected chi connectivity index (χ3v) is 3.77. The summed E-state index contributed by atoms with van der Waals surface area (Å²) in [6.07, 6.45) is 0.834. The Balaban J connectivity index is 1.75. The quantitative estimate of drug-likeness (QED) is 0.644. The third-order valence-electron chi connectivity index (χ3n) is 3.77. The maximum atomic E-state index is 13.8. The van der Waals surface area contributed by atoms with Crippen LogP contribution in [0.3, 0.4) is 0 Å². The molecule has 0 radical (unpaired) electrons. The normalized spacial score (nSPS) is 13.9. The molecule has 0 amide bonds. The summed E-state index contributed by atoms with van der Waals surface area (Å²) in [6, 6.07) is 8.85. The van der Waals surface area contributed by atoms with Crippen LogP contribution in [0.2, 0.25) is 0 Å². The van der Waals surface area contributed by atoms with Gasteiger partial charge in [-0.25, -0.2) is 13.8 Å². The molecular weight excluding hydrogens is 340 g/mol. The summed E-state index contributed by atoms with van der Waals surface area (Å²) in [6.45, 7) is 3.80. The van der Waals surface area contributed by atoms with Gasteiger partial charge in [-0.3, -0.25) is 0 Å². The van der Waals surface area contributed by atoms with Crippen LogP contribution >= 0.6 is 0 Å². The fraction of sp³-hybridized carbons (Fsp3) is 0.316. The summed E-state index contributed by atoms with van der Waals surface area (Å²) in [5.74, 6) is 0.862. The Bertz CT molecular complexity index is 796. The van der Waals surface area contributed by atoms with Crippen LogP contribution < -0.4 is 20.1 Å². The van der Waals surface area contributed by atoms with Crippen LogP contribution in [0.4, 0.5) is 14.5 Å². The Kier molecular flexibility index (Phi) is 5.88. The lowest BCUT2D eigenvalue weighted by Crippen LogP contribution is -2.30. The van der Waals surface area contributed by atoms with Crippen LogP contribution in [-0.4, -0.2) is 25.7 Å². The number of ether oxygens (including phenoxy) is 2. The van der Waals surface area contributed by atoms with Crippen LogP contribution in [0.1, 0.15) is 18.9 Å². The molecule has 2 aromatic carbocycles. The number of anilines is 1. The first-order valence-corrected chi connectivity index (χ1v) is 8.54. The molecule has 2 aromatic rings. The van der Waals surface area contributed by atoms with E-state index in [1.807, 2.05) is 25.1 Å². The van der Waals surface area contributed by atoms with Crippen molar-refractivity contribution >= 4 is 11.6 Å². The molecule has 2 N–H and O–H groups in total. The van der Waals surface area contributed by atoms with Crippen molar-refractivity contribution in [3.63, 3.8) is 0 Å². The first-order valence-electron chi connectivity index (χ1n) is 8.54. The van der Waals surface area contributed by atoms with E-state index in [0.29, 0.717) is 37.2 Å². The molecule has 1 aliphatic heterocycles. The summed E-state index contributed by atoms with van der Waals surface area (Å²) in [4.78, 5) is 4.33. The van der Waals surface area contributed by atoms with E-state index in [9.17, 15) is 8.78 Å². The molecule has 3 rings (SSSR count). The van der Waals surface area contributed by atoms with Crippen LogP contribution in [0.25, 0.3) is 0 Å². The van der Waals surface area contributed by atoms with Crippen LogP contribution in [-0.2, 0) is 6.54 Å². The van der Waals surface area contributed by atoms with Crippen molar-refractivity contribution in [2.75, 3.05) is 25.1 Å². The highest BCUT2D eigenvalue weighted by Crippen LogP contribution is 2.32. The molecule has 1 aliphatic rings. The number of hydrogen-bond donors (Lipinski definition) is 2. The Labute approximate surface area is 151 Å². The largest absolute Gasteiger partial charge is 0.490 e. The van der Waals surface area contributed by atoms with E-state index >= 15 is 0 Å². The van der Waals surface area contributed by atoms with Gasteiger partial charge in [0.25, 0.3) is 0 Å². The average Bonchev–Trinajstić information content (AvgIpc) is 2.87. The summed E-state index contributed by atoms with van der Waals surface area (Å²) < 4.78 is 38.3. The average molecular weight is 361 g/mol. The zero-order valence-electron chi connectivity index (χ0n) is 14.5. The molecule has 0 unspecified atom stereocenters. The fourth-order valence-electron chi connectivity index (χ4n) is 2.51. The van der Waals surface area contributed by atoms with Gasteiger partial charge in [0.15, 0.2) is 17.5 Å². The topological polar surface area (TPSA) is 54.9 Å². The maximum Gasteiger partial charge on any atom is 0.196 e. The van der Waals surface area contributed by atoms with E-state index < -0.39 is 11.6 Å². The molecule has 0 saturated heterocycles. The summed E-state index contributed by atoms with van der Waals surface area (Å²) in [7, 11) is 0. The number of nitrogens with zero attached hydrogens (tertiary/aromatic N) is 1. The van der Waals surface area contributed by atoms with Crippen LogP contribution in [0.5, 0.6) is 11.5 Å². The van der Waals surface area contributed by atoms with Gasteiger partial charge < -0.3 is 20.1 Å². The number of nitrogens with one attached hydrogen (secondary N) is 2. The third kappa shape index (κ3) is 4.62. The van der Waals surface area contributed by atoms with E-state index in [-0.39, 0.29) is 12.1 Å². The minimum Gasteiger partial charge on any atom is -0.490 e. The van der Waals surface area contributed by atoms with Crippen molar-refractivity contribution in [2.24, 2.45) is 4.99 Å². The molecule has 0 atom stereocenters. The highest BCUT2D eigenvalue weighted by Gasteiger charge is 2.11. The lowest BCUT2D eigenvalue weighted by Gasteiger charge is -2.14. The zero-order valence-corrected chi connectivity index (χ0v) is 14.5. The van der Waals surface area contributed by atoms with Crippen molar-refractivity contribution in [3.05, 3.63) is 53.6 Å². The molecule has 138 valence electrons. The molecule has 5 nitrogen and oxygen atoms in total. The Morgan fingerprint density at radius 3 is 2.69 bits per heavy atom. The summed E-state index contributed by atoms with van der Waals surface area (Å²) in [5.41, 5.74) is 0.953. The van der Waals surface area contributed by atoms with Crippen molar-refractivity contribution < 1.29 is 18.3 Å². The molecular formula is C19H21F2N3O2. The molecule has 0 spiro atoms. The molecule has 0 aromatic heterocycles. The van der Waals surface area contributed by atoms with E-state index in [1.165, 1.54) is 0 Å². The van der Waals surface area contributed by atoms with Gasteiger partial charge in [-0.2, -0.15) is 0 Å². The van der Waals surface area contributed by atoms with E-state index in [4.69, 9.17) is 9.47 Å². The molecule has 7 heteroatoms. The van der Waals surface area contributed by atoms with Gasteiger partial charge in [-0.1, -0.05) is 0 Å². The minimum absolute atomic E-state index is 0.0173. The minimum atomic E-state index is -0.488. The molecule has 26 heavy (non-hydrogen) atoms. The van der Waals surface area contributed by atoms with Gasteiger partial charge in [0.2, 0.25) is 0 Å². The van der Waals surface area contributed by atoms with E-state index in [2.05, 4.69) is 15.6 Å². The van der Waals surface area contributed by atoms with Crippen molar-refractivity contribution in [3.8, 4) is 11.5 Å². The molecule has 0 aliphatic carbocycles. The predicted molar refractivity (Wildman–Crippen MR) is 96.8 cm³/mol. The van der Waals surface area contributed by atoms with Crippen LogP contribution in [0.15, 0.2) is 41.4 Å². The lowest BCUT2D eigenvalue weighted by molar-refractivity contribution is 0.297. The number of aliphatic imine (C=N–C) groups is 1.